The summed E-state index contributed by atoms with van der Waals surface area (Å²) in [6.07, 6.45) is -4.96. The summed E-state index contributed by atoms with van der Waals surface area (Å²) in [5.74, 6) is -1.52. The molecular formula is C27H26Cl2F3IN2O6. The third kappa shape index (κ3) is 10.1. The Morgan fingerprint density at radius 2 is 1.41 bits per heavy atom. The van der Waals surface area contributed by atoms with Crippen molar-refractivity contribution in [1.29, 1.82) is 0 Å². The number of anilines is 2. The van der Waals surface area contributed by atoms with Gasteiger partial charge in [0.15, 0.2) is 0 Å². The Morgan fingerprint density at radius 1 is 0.902 bits per heavy atom. The van der Waals surface area contributed by atoms with Crippen molar-refractivity contribution in [3.8, 4) is 0 Å². The summed E-state index contributed by atoms with van der Waals surface area (Å²) in [5.41, 5.74) is 2.53. The maximum atomic E-state index is 12.1. The number of hydroxylamine groups is 2. The first-order chi connectivity index (χ1) is 19.0. The van der Waals surface area contributed by atoms with Gasteiger partial charge in [0.25, 0.3) is 0 Å². The standard InChI is InChI=1S/C10H9ClF3NO2.C9H10ClNO2.C8H7IO2/c1-6-3-4-8(11)9(5-6)15(7(2)16)17-10(12,13)14;1-6-3-4-8(10)9(5-6)11(13)7(2)12;1-9-7-5-3-2-4-6(7)8(10)11-9/h3-5H,1-2H3;3-5,13H,1-2H3;2-5H,1H3. The minimum absolute atomic E-state index is 0.00458. The second-order valence-electron chi connectivity index (χ2n) is 8.36. The van der Waals surface area contributed by atoms with Gasteiger partial charge < -0.3 is 0 Å². The van der Waals surface area contributed by atoms with Crippen molar-refractivity contribution in [1.82, 2.24) is 0 Å². The van der Waals surface area contributed by atoms with Gasteiger partial charge in [0, 0.05) is 13.8 Å². The van der Waals surface area contributed by atoms with Crippen LogP contribution in [0.15, 0.2) is 60.7 Å². The number of halogens is 6. The summed E-state index contributed by atoms with van der Waals surface area (Å²) in [4.78, 5) is 38.7. The number of rotatable bonds is 3. The van der Waals surface area contributed by atoms with E-state index < -0.39 is 38.4 Å². The molecule has 2 amide bonds. The zero-order valence-electron chi connectivity index (χ0n) is 22.4. The van der Waals surface area contributed by atoms with Gasteiger partial charge in [-0.3, -0.25) is 14.8 Å². The van der Waals surface area contributed by atoms with Crippen LogP contribution in [0, 0.1) is 17.4 Å². The van der Waals surface area contributed by atoms with Crippen molar-refractivity contribution in [3.63, 3.8) is 0 Å². The maximum absolute atomic E-state index is 12.1. The molecule has 0 fully saturated rings. The summed E-state index contributed by atoms with van der Waals surface area (Å²) in [6.45, 7) is 5.72. The van der Waals surface area contributed by atoms with Crippen molar-refractivity contribution in [3.05, 3.63) is 91.0 Å². The second kappa shape index (κ2) is 14.8. The fourth-order valence-corrected chi connectivity index (χ4v) is 6.57. The van der Waals surface area contributed by atoms with E-state index in [9.17, 15) is 32.8 Å². The minimum atomic E-state index is -4.96. The summed E-state index contributed by atoms with van der Waals surface area (Å²) in [5, 5.41) is 10.3. The van der Waals surface area contributed by atoms with Crippen LogP contribution in [0.3, 0.4) is 0 Å². The number of carbonyl (C=O) groups is 3. The van der Waals surface area contributed by atoms with Crippen LogP contribution >= 0.6 is 43.4 Å². The van der Waals surface area contributed by atoms with E-state index in [2.05, 4.69) is 4.84 Å². The van der Waals surface area contributed by atoms with Gasteiger partial charge in [-0.1, -0.05) is 35.3 Å². The molecule has 222 valence electrons. The molecule has 1 aliphatic rings. The number of hydrogen-bond donors (Lipinski definition) is 1. The first-order valence-corrected chi connectivity index (χ1v) is 16.4. The molecule has 0 spiro atoms. The molecule has 0 atom stereocenters. The molecule has 3 aromatic rings. The van der Waals surface area contributed by atoms with Gasteiger partial charge in [-0.25, -0.2) is 0 Å². The topological polar surface area (TPSA) is 96.4 Å². The Kier molecular flexibility index (Phi) is 12.4. The third-order valence-corrected chi connectivity index (χ3v) is 9.27. The number of aryl methyl sites for hydroxylation is 2. The molecule has 0 saturated carbocycles. The van der Waals surface area contributed by atoms with Gasteiger partial charge >= 0.3 is 78.8 Å². The number of carbonyl (C=O) groups excluding carboxylic acids is 3. The third-order valence-electron chi connectivity index (χ3n) is 5.00. The number of hydrogen-bond acceptors (Lipinski definition) is 6. The van der Waals surface area contributed by atoms with Gasteiger partial charge in [0.05, 0.1) is 21.4 Å². The fraction of sp³-hybridized carbons (Fsp3) is 0.222. The molecule has 3 aromatic carbocycles. The van der Waals surface area contributed by atoms with Crippen molar-refractivity contribution < 1.29 is 40.7 Å². The van der Waals surface area contributed by atoms with E-state index in [1.54, 1.807) is 31.2 Å². The molecule has 1 heterocycles. The average molecular weight is 729 g/mol. The van der Waals surface area contributed by atoms with Crippen LogP contribution in [0.1, 0.15) is 35.3 Å². The van der Waals surface area contributed by atoms with Gasteiger partial charge in [-0.05, 0) is 49.2 Å². The fourth-order valence-electron chi connectivity index (χ4n) is 3.17. The average Bonchev–Trinajstić information content (AvgIpc) is 3.18. The van der Waals surface area contributed by atoms with Crippen molar-refractivity contribution in [2.75, 3.05) is 15.1 Å². The van der Waals surface area contributed by atoms with Crippen LogP contribution in [-0.4, -0.2) is 34.3 Å². The Hall–Kier alpha value is -2.91. The van der Waals surface area contributed by atoms with Crippen LogP contribution in [0.5, 0.6) is 0 Å². The van der Waals surface area contributed by atoms with Crippen LogP contribution in [0.4, 0.5) is 24.5 Å². The predicted octanol–water partition coefficient (Wildman–Crippen LogP) is 7.92. The van der Waals surface area contributed by atoms with E-state index in [-0.39, 0.29) is 21.7 Å². The number of benzene rings is 3. The molecule has 0 aromatic heterocycles. The van der Waals surface area contributed by atoms with Gasteiger partial charge in [-0.15, -0.1) is 13.2 Å². The van der Waals surface area contributed by atoms with Crippen LogP contribution in [0.25, 0.3) is 0 Å². The van der Waals surface area contributed by atoms with Crippen LogP contribution in [0.2, 0.25) is 10.0 Å². The first kappa shape index (κ1) is 34.3. The first-order valence-electron chi connectivity index (χ1n) is 11.5. The Balaban J connectivity index is 0.000000220. The predicted molar refractivity (Wildman–Crippen MR) is 158 cm³/mol. The molecular weight excluding hydrogens is 703 g/mol. The summed E-state index contributed by atoms with van der Waals surface area (Å²) >= 11 is 9.99. The number of nitrogens with zero attached hydrogens (tertiary/aromatic N) is 2. The van der Waals surface area contributed by atoms with Gasteiger partial charge in [0.1, 0.15) is 0 Å². The SMILES string of the molecule is CC(=O)N(O)c1cc(C)ccc1Cl.CC(=O)N(OC(F)(F)F)c1cc(C)ccc1Cl.CI1OC(=O)c2ccccc21. The molecule has 0 bridgehead atoms. The molecule has 8 nitrogen and oxygen atoms in total. The Labute approximate surface area is 252 Å². The van der Waals surface area contributed by atoms with E-state index in [4.69, 9.17) is 26.3 Å². The summed E-state index contributed by atoms with van der Waals surface area (Å²) in [7, 11) is 0. The summed E-state index contributed by atoms with van der Waals surface area (Å²) < 4.78 is 42.7. The normalized spacial score (nSPS) is 12.7. The Morgan fingerprint density at radius 3 is 1.90 bits per heavy atom. The number of amides is 2. The van der Waals surface area contributed by atoms with E-state index in [0.717, 1.165) is 21.6 Å². The van der Waals surface area contributed by atoms with E-state index >= 15 is 0 Å². The molecule has 1 N–H and O–H groups in total. The molecule has 41 heavy (non-hydrogen) atoms. The summed E-state index contributed by atoms with van der Waals surface area (Å²) in [6, 6.07) is 17.1. The van der Waals surface area contributed by atoms with E-state index in [1.165, 1.54) is 19.1 Å². The molecule has 0 aliphatic carbocycles. The Bertz CT molecular complexity index is 1420. The van der Waals surface area contributed by atoms with Gasteiger partial charge in [0.2, 0.25) is 11.8 Å². The van der Waals surface area contributed by atoms with Crippen molar-refractivity contribution in [2.45, 2.75) is 34.1 Å². The zero-order valence-corrected chi connectivity index (χ0v) is 26.1. The van der Waals surface area contributed by atoms with Gasteiger partial charge in [-0.2, -0.15) is 15.0 Å². The molecule has 14 heteroatoms. The number of alkyl halides is 4. The van der Waals surface area contributed by atoms with Crippen LogP contribution < -0.4 is 10.1 Å². The molecule has 4 rings (SSSR count). The van der Waals surface area contributed by atoms with Crippen molar-refractivity contribution in [2.24, 2.45) is 0 Å². The molecule has 0 unspecified atom stereocenters. The monoisotopic (exact) mass is 728 g/mol. The number of fused-ring (bicyclic) bond motifs is 1. The zero-order chi connectivity index (χ0) is 31.1. The van der Waals surface area contributed by atoms with Crippen LogP contribution in [-0.2, 0) is 17.5 Å². The molecule has 0 radical (unpaired) electrons. The second-order valence-corrected chi connectivity index (χ2v) is 13.2. The van der Waals surface area contributed by atoms with E-state index in [1.807, 2.05) is 36.1 Å². The van der Waals surface area contributed by atoms with E-state index in [0.29, 0.717) is 21.3 Å². The molecule has 1 aliphatic heterocycles. The molecule has 0 saturated heterocycles. The quantitative estimate of drug-likeness (QED) is 0.127. The van der Waals surface area contributed by atoms with Crippen molar-refractivity contribution >= 4 is 72.6 Å².